The number of rotatable bonds is 7. The van der Waals surface area contributed by atoms with Crippen molar-refractivity contribution in [2.75, 3.05) is 20.1 Å². The summed E-state index contributed by atoms with van der Waals surface area (Å²) in [4.78, 5) is 6.63. The van der Waals surface area contributed by atoms with E-state index in [-0.39, 0.29) is 6.04 Å². The number of hydrogen-bond acceptors (Lipinski definition) is 3. The third kappa shape index (κ3) is 3.56. The third-order valence-electron chi connectivity index (χ3n) is 3.65. The fraction of sp³-hybridized carbons (Fsp3) is 0.786. The molecule has 0 aliphatic carbocycles. The largest absolute Gasteiger partial charge is 0.331 e. The van der Waals surface area contributed by atoms with E-state index >= 15 is 0 Å². The van der Waals surface area contributed by atoms with Gasteiger partial charge in [-0.25, -0.2) is 4.98 Å². The Balaban J connectivity index is 2.85. The number of nitrogens with two attached hydrogens (primary N) is 1. The van der Waals surface area contributed by atoms with Gasteiger partial charge in [0.2, 0.25) is 0 Å². The van der Waals surface area contributed by atoms with E-state index < -0.39 is 0 Å². The molecule has 18 heavy (non-hydrogen) atoms. The minimum absolute atomic E-state index is 0.254. The van der Waals surface area contributed by atoms with Crippen molar-refractivity contribution < 1.29 is 0 Å². The topological polar surface area (TPSA) is 47.1 Å². The Morgan fingerprint density at radius 3 is 2.56 bits per heavy atom. The van der Waals surface area contributed by atoms with E-state index in [1.54, 1.807) is 0 Å². The molecule has 0 spiro atoms. The van der Waals surface area contributed by atoms with Gasteiger partial charge in [0, 0.05) is 25.3 Å². The second kappa shape index (κ2) is 6.90. The first-order chi connectivity index (χ1) is 8.51. The van der Waals surface area contributed by atoms with E-state index in [0.717, 1.165) is 6.54 Å². The van der Waals surface area contributed by atoms with Crippen molar-refractivity contribution >= 4 is 0 Å². The van der Waals surface area contributed by atoms with E-state index in [2.05, 4.69) is 49.2 Å². The molecule has 0 radical (unpaired) electrons. The van der Waals surface area contributed by atoms with Crippen LogP contribution in [0.15, 0.2) is 12.5 Å². The molecule has 1 aromatic rings. The smallest absolute Gasteiger partial charge is 0.0951 e. The van der Waals surface area contributed by atoms with Crippen LogP contribution in [0.3, 0.4) is 0 Å². The van der Waals surface area contributed by atoms with Crippen molar-refractivity contribution in [3.63, 3.8) is 0 Å². The first-order valence-electron chi connectivity index (χ1n) is 6.93. The van der Waals surface area contributed by atoms with Crippen molar-refractivity contribution in [1.82, 2.24) is 14.5 Å². The van der Waals surface area contributed by atoms with Crippen LogP contribution in [-0.2, 0) is 0 Å². The van der Waals surface area contributed by atoms with Crippen molar-refractivity contribution in [1.29, 1.82) is 0 Å². The Morgan fingerprint density at radius 1 is 1.39 bits per heavy atom. The maximum atomic E-state index is 5.97. The van der Waals surface area contributed by atoms with E-state index in [0.29, 0.717) is 18.5 Å². The molecule has 0 aromatic carbocycles. The van der Waals surface area contributed by atoms with E-state index in [9.17, 15) is 0 Å². The zero-order valence-corrected chi connectivity index (χ0v) is 12.4. The molecule has 2 atom stereocenters. The first-order valence-corrected chi connectivity index (χ1v) is 6.93. The highest BCUT2D eigenvalue weighted by atomic mass is 15.2. The van der Waals surface area contributed by atoms with Crippen molar-refractivity contribution in [2.45, 2.75) is 46.2 Å². The Labute approximate surface area is 111 Å². The van der Waals surface area contributed by atoms with Gasteiger partial charge in [-0.15, -0.1) is 0 Å². The Hall–Kier alpha value is -0.870. The summed E-state index contributed by atoms with van der Waals surface area (Å²) in [5.41, 5.74) is 7.19. The predicted molar refractivity (Wildman–Crippen MR) is 76.5 cm³/mol. The highest BCUT2D eigenvalue weighted by molar-refractivity contribution is 5.07. The molecular weight excluding hydrogens is 224 g/mol. The van der Waals surface area contributed by atoms with Gasteiger partial charge in [-0.05, 0) is 26.8 Å². The summed E-state index contributed by atoms with van der Waals surface area (Å²) in [6, 6.07) is 0.678. The Bertz CT molecular complexity index is 345. The van der Waals surface area contributed by atoms with Crippen LogP contribution in [0.4, 0.5) is 0 Å². The molecule has 0 bridgehead atoms. The van der Waals surface area contributed by atoms with Crippen LogP contribution in [0, 0.1) is 5.92 Å². The predicted octanol–water partition coefficient (Wildman–Crippen LogP) is 2.44. The van der Waals surface area contributed by atoms with E-state index in [1.807, 2.05) is 12.5 Å². The fourth-order valence-corrected chi connectivity index (χ4v) is 2.28. The SMILES string of the molecule is CCC(C)CN(C)C(CN)c1cncn1C(C)C. The number of hydrogen-bond donors (Lipinski definition) is 1. The van der Waals surface area contributed by atoms with Gasteiger partial charge in [0.05, 0.1) is 18.1 Å². The summed E-state index contributed by atoms with van der Waals surface area (Å²) in [6.07, 6.45) is 5.05. The van der Waals surface area contributed by atoms with Gasteiger partial charge in [-0.1, -0.05) is 20.3 Å². The minimum Gasteiger partial charge on any atom is -0.331 e. The zero-order chi connectivity index (χ0) is 13.7. The van der Waals surface area contributed by atoms with Crippen LogP contribution in [0.2, 0.25) is 0 Å². The standard InChI is InChI=1S/C14H28N4/c1-6-12(4)9-17(5)13(7-15)14-8-16-10-18(14)11(2)3/h8,10-13H,6-7,9,15H2,1-5H3. The highest BCUT2D eigenvalue weighted by Crippen LogP contribution is 2.22. The highest BCUT2D eigenvalue weighted by Gasteiger charge is 2.21. The lowest BCUT2D eigenvalue weighted by Gasteiger charge is -2.30. The van der Waals surface area contributed by atoms with Gasteiger partial charge in [-0.3, -0.25) is 4.90 Å². The fourth-order valence-electron chi connectivity index (χ4n) is 2.28. The molecule has 0 saturated heterocycles. The zero-order valence-electron chi connectivity index (χ0n) is 12.4. The van der Waals surface area contributed by atoms with Gasteiger partial charge in [0.1, 0.15) is 0 Å². The maximum Gasteiger partial charge on any atom is 0.0951 e. The van der Waals surface area contributed by atoms with Crippen molar-refractivity contribution in [2.24, 2.45) is 11.7 Å². The first kappa shape index (κ1) is 15.2. The van der Waals surface area contributed by atoms with Crippen LogP contribution in [0.1, 0.15) is 51.9 Å². The molecule has 2 unspecified atom stereocenters. The molecule has 0 fully saturated rings. The Kier molecular flexibility index (Phi) is 5.82. The third-order valence-corrected chi connectivity index (χ3v) is 3.65. The minimum atomic E-state index is 0.254. The average molecular weight is 252 g/mol. The summed E-state index contributed by atoms with van der Waals surface area (Å²) in [5, 5.41) is 0. The maximum absolute atomic E-state index is 5.97. The van der Waals surface area contributed by atoms with Crippen LogP contribution >= 0.6 is 0 Å². The summed E-state index contributed by atoms with van der Waals surface area (Å²) in [6.45, 7) is 10.6. The normalized spacial score (nSPS) is 15.3. The average Bonchev–Trinajstić information content (AvgIpc) is 2.79. The number of nitrogens with zero attached hydrogens (tertiary/aromatic N) is 3. The second-order valence-corrected chi connectivity index (χ2v) is 5.52. The van der Waals surface area contributed by atoms with Gasteiger partial charge in [0.15, 0.2) is 0 Å². The number of aromatic nitrogens is 2. The van der Waals surface area contributed by atoms with Gasteiger partial charge < -0.3 is 10.3 Å². The van der Waals surface area contributed by atoms with Crippen molar-refractivity contribution in [3.05, 3.63) is 18.2 Å². The summed E-state index contributed by atoms with van der Waals surface area (Å²) < 4.78 is 2.21. The molecule has 1 rings (SSSR count). The van der Waals surface area contributed by atoms with Gasteiger partial charge in [0.25, 0.3) is 0 Å². The molecule has 0 amide bonds. The van der Waals surface area contributed by atoms with Gasteiger partial charge >= 0.3 is 0 Å². The molecule has 104 valence electrons. The lowest BCUT2D eigenvalue weighted by Crippen LogP contribution is -2.35. The molecule has 0 aliphatic heterocycles. The molecular formula is C14H28N4. The molecule has 4 nitrogen and oxygen atoms in total. The van der Waals surface area contributed by atoms with Crippen LogP contribution in [-0.4, -0.2) is 34.6 Å². The number of imidazole rings is 1. The summed E-state index contributed by atoms with van der Waals surface area (Å²) in [5.74, 6) is 0.694. The molecule has 2 N–H and O–H groups in total. The molecule has 0 aliphatic rings. The lowest BCUT2D eigenvalue weighted by molar-refractivity contribution is 0.206. The molecule has 1 aromatic heterocycles. The quantitative estimate of drug-likeness (QED) is 0.811. The Morgan fingerprint density at radius 2 is 2.06 bits per heavy atom. The van der Waals surface area contributed by atoms with Crippen LogP contribution < -0.4 is 5.73 Å². The van der Waals surface area contributed by atoms with Crippen molar-refractivity contribution in [3.8, 4) is 0 Å². The lowest BCUT2D eigenvalue weighted by atomic mass is 10.1. The van der Waals surface area contributed by atoms with E-state index in [1.165, 1.54) is 12.1 Å². The second-order valence-electron chi connectivity index (χ2n) is 5.52. The molecule has 0 saturated carbocycles. The monoisotopic (exact) mass is 252 g/mol. The number of likely N-dealkylation sites (N-methyl/N-ethyl adjacent to an activating group) is 1. The van der Waals surface area contributed by atoms with Crippen LogP contribution in [0.5, 0.6) is 0 Å². The van der Waals surface area contributed by atoms with Gasteiger partial charge in [-0.2, -0.15) is 0 Å². The molecule has 4 heteroatoms. The van der Waals surface area contributed by atoms with E-state index in [4.69, 9.17) is 5.73 Å². The molecule has 1 heterocycles. The summed E-state index contributed by atoms with van der Waals surface area (Å²) in [7, 11) is 2.15. The van der Waals surface area contributed by atoms with Crippen LogP contribution in [0.25, 0.3) is 0 Å². The summed E-state index contributed by atoms with van der Waals surface area (Å²) >= 11 is 0.